The number of nitrogens with one attached hydrogen (secondary N) is 1. The lowest BCUT2D eigenvalue weighted by Gasteiger charge is -2.39. The summed E-state index contributed by atoms with van der Waals surface area (Å²) in [6, 6.07) is 9.84. The van der Waals surface area contributed by atoms with Gasteiger partial charge in [0.25, 0.3) is 0 Å². The van der Waals surface area contributed by atoms with Gasteiger partial charge in [0.1, 0.15) is 23.9 Å². The molecule has 1 saturated carbocycles. The number of anilines is 2. The van der Waals surface area contributed by atoms with E-state index in [2.05, 4.69) is 5.32 Å². The fourth-order valence-electron chi connectivity index (χ4n) is 4.60. The molecule has 1 N–H and O–H groups in total. The molecule has 3 amide bonds. The largest absolute Gasteiger partial charge is 0.497 e. The first kappa shape index (κ1) is 21.1. The molecule has 8 heteroatoms. The Morgan fingerprint density at radius 2 is 1.71 bits per heavy atom. The van der Waals surface area contributed by atoms with Gasteiger partial charge in [0, 0.05) is 17.4 Å². The monoisotopic (exact) mass is 429 g/mol. The van der Waals surface area contributed by atoms with Gasteiger partial charge in [-0.3, -0.25) is 9.69 Å². The predicted molar refractivity (Wildman–Crippen MR) is 113 cm³/mol. The predicted octanol–water partition coefficient (Wildman–Crippen LogP) is 4.56. The van der Waals surface area contributed by atoms with Crippen molar-refractivity contribution in [3.05, 3.63) is 54.1 Å². The topological polar surface area (TPSA) is 61.9 Å². The molecule has 6 nitrogen and oxygen atoms in total. The lowest BCUT2D eigenvalue weighted by atomic mass is 9.81. The normalized spacial score (nSPS) is 17.8. The fraction of sp³-hybridized carbons (Fsp3) is 0.391. The molecule has 0 atom stereocenters. The van der Waals surface area contributed by atoms with Crippen molar-refractivity contribution in [3.63, 3.8) is 0 Å². The second-order valence-electron chi connectivity index (χ2n) is 8.14. The summed E-state index contributed by atoms with van der Waals surface area (Å²) < 4.78 is 32.1. The first-order valence-electron chi connectivity index (χ1n) is 10.4. The highest BCUT2D eigenvalue weighted by Crippen LogP contribution is 2.41. The Bertz CT molecular complexity index is 954. The molecule has 0 radical (unpaired) electrons. The molecule has 2 fully saturated rings. The van der Waals surface area contributed by atoms with Crippen molar-refractivity contribution >= 4 is 23.3 Å². The van der Waals surface area contributed by atoms with E-state index in [4.69, 9.17) is 4.74 Å². The van der Waals surface area contributed by atoms with E-state index in [0.717, 1.165) is 56.0 Å². The molecular formula is C23H25F2N3O3. The number of methoxy groups -OCH3 is 1. The van der Waals surface area contributed by atoms with Gasteiger partial charge >= 0.3 is 6.03 Å². The van der Waals surface area contributed by atoms with Crippen LogP contribution in [0.4, 0.5) is 25.0 Å². The Labute approximate surface area is 179 Å². The first-order chi connectivity index (χ1) is 14.9. The molecule has 2 aromatic rings. The van der Waals surface area contributed by atoms with Gasteiger partial charge in [-0.2, -0.15) is 0 Å². The zero-order chi connectivity index (χ0) is 22.0. The number of benzene rings is 2. The molecule has 2 aliphatic rings. The number of amides is 3. The van der Waals surface area contributed by atoms with Crippen LogP contribution in [0.5, 0.6) is 5.75 Å². The van der Waals surface area contributed by atoms with Gasteiger partial charge in [0.15, 0.2) is 0 Å². The first-order valence-corrected chi connectivity index (χ1v) is 10.4. The third kappa shape index (κ3) is 4.33. The molecule has 1 heterocycles. The Morgan fingerprint density at radius 3 is 2.32 bits per heavy atom. The summed E-state index contributed by atoms with van der Waals surface area (Å²) in [4.78, 5) is 29.4. The minimum atomic E-state index is -0.776. The molecule has 31 heavy (non-hydrogen) atoms. The second-order valence-corrected chi connectivity index (χ2v) is 8.14. The number of urea groups is 1. The van der Waals surface area contributed by atoms with Crippen LogP contribution in [0, 0.1) is 11.6 Å². The van der Waals surface area contributed by atoms with E-state index in [1.54, 1.807) is 29.0 Å². The maximum Gasteiger partial charge on any atom is 0.325 e. The number of carbonyl (C=O) groups is 2. The standard InChI is InChI=1S/C23H25F2N3O3/c1-31-20-7-5-19(6-8-20)27-15-23(9-3-2-4-10-23)28(22(27)30)14-21(29)26-18-12-16(24)11-17(25)13-18/h5-8,11-13H,2-4,9-10,14-15H2,1H3,(H,26,29). The molecule has 4 rings (SSSR count). The van der Waals surface area contributed by atoms with Crippen LogP contribution in [0.2, 0.25) is 0 Å². The van der Waals surface area contributed by atoms with Gasteiger partial charge < -0.3 is 15.0 Å². The zero-order valence-corrected chi connectivity index (χ0v) is 17.4. The molecule has 1 aliphatic heterocycles. The molecule has 2 aromatic carbocycles. The maximum absolute atomic E-state index is 13.5. The van der Waals surface area contributed by atoms with Crippen LogP contribution in [0.3, 0.4) is 0 Å². The number of ether oxygens (including phenoxy) is 1. The lowest BCUT2D eigenvalue weighted by molar-refractivity contribution is -0.117. The summed E-state index contributed by atoms with van der Waals surface area (Å²) in [5.41, 5.74) is 0.337. The number of hydrogen-bond donors (Lipinski definition) is 1. The summed E-state index contributed by atoms with van der Waals surface area (Å²) in [7, 11) is 1.58. The Morgan fingerprint density at radius 1 is 1.06 bits per heavy atom. The van der Waals surface area contributed by atoms with Crippen molar-refractivity contribution in [3.8, 4) is 5.75 Å². The molecule has 0 aromatic heterocycles. The van der Waals surface area contributed by atoms with Crippen LogP contribution < -0.4 is 15.0 Å². The van der Waals surface area contributed by atoms with Crippen LogP contribution in [0.1, 0.15) is 32.1 Å². The Balaban J connectivity index is 1.55. The zero-order valence-electron chi connectivity index (χ0n) is 17.4. The summed E-state index contributed by atoms with van der Waals surface area (Å²) >= 11 is 0. The minimum absolute atomic E-state index is 0.0267. The van der Waals surface area contributed by atoms with Crippen LogP contribution in [0.25, 0.3) is 0 Å². The van der Waals surface area contributed by atoms with Crippen molar-refractivity contribution < 1.29 is 23.1 Å². The highest BCUT2D eigenvalue weighted by molar-refractivity contribution is 6.00. The average Bonchev–Trinajstić information content (AvgIpc) is 2.99. The number of nitrogens with zero attached hydrogens (tertiary/aromatic N) is 2. The van der Waals surface area contributed by atoms with Crippen molar-refractivity contribution in [2.24, 2.45) is 0 Å². The van der Waals surface area contributed by atoms with Gasteiger partial charge in [-0.25, -0.2) is 13.6 Å². The van der Waals surface area contributed by atoms with E-state index >= 15 is 0 Å². The van der Waals surface area contributed by atoms with Crippen LogP contribution in [-0.4, -0.2) is 42.6 Å². The summed E-state index contributed by atoms with van der Waals surface area (Å²) in [6.07, 6.45) is 4.69. The third-order valence-corrected chi connectivity index (χ3v) is 6.10. The van der Waals surface area contributed by atoms with Crippen molar-refractivity contribution in [2.75, 3.05) is 30.4 Å². The number of halogens is 2. The molecule has 0 bridgehead atoms. The second kappa shape index (κ2) is 8.53. The van der Waals surface area contributed by atoms with Gasteiger partial charge in [-0.05, 0) is 49.2 Å². The minimum Gasteiger partial charge on any atom is -0.497 e. The average molecular weight is 429 g/mol. The van der Waals surface area contributed by atoms with Gasteiger partial charge in [-0.1, -0.05) is 19.3 Å². The van der Waals surface area contributed by atoms with Gasteiger partial charge in [0.2, 0.25) is 5.91 Å². The maximum atomic E-state index is 13.5. The summed E-state index contributed by atoms with van der Waals surface area (Å²) in [5.74, 6) is -1.34. The van der Waals surface area contributed by atoms with Crippen LogP contribution in [-0.2, 0) is 4.79 Å². The van der Waals surface area contributed by atoms with E-state index in [1.807, 2.05) is 12.1 Å². The molecule has 1 spiro atoms. The summed E-state index contributed by atoms with van der Waals surface area (Å²) in [5, 5.41) is 2.51. The van der Waals surface area contributed by atoms with Crippen LogP contribution in [0.15, 0.2) is 42.5 Å². The van der Waals surface area contributed by atoms with Crippen molar-refractivity contribution in [2.45, 2.75) is 37.6 Å². The number of rotatable bonds is 5. The summed E-state index contributed by atoms with van der Waals surface area (Å²) in [6.45, 7) is 0.323. The highest BCUT2D eigenvalue weighted by Gasteiger charge is 2.50. The van der Waals surface area contributed by atoms with E-state index in [-0.39, 0.29) is 18.3 Å². The van der Waals surface area contributed by atoms with E-state index < -0.39 is 23.1 Å². The van der Waals surface area contributed by atoms with E-state index in [0.29, 0.717) is 12.3 Å². The Hall–Kier alpha value is -3.16. The van der Waals surface area contributed by atoms with Crippen LogP contribution >= 0.6 is 0 Å². The third-order valence-electron chi connectivity index (χ3n) is 6.10. The van der Waals surface area contributed by atoms with Crippen molar-refractivity contribution in [1.29, 1.82) is 0 Å². The Kier molecular flexibility index (Phi) is 5.80. The smallest absolute Gasteiger partial charge is 0.325 e. The quantitative estimate of drug-likeness (QED) is 0.758. The van der Waals surface area contributed by atoms with Gasteiger partial charge in [-0.15, -0.1) is 0 Å². The highest BCUT2D eigenvalue weighted by atomic mass is 19.1. The van der Waals surface area contributed by atoms with Gasteiger partial charge in [0.05, 0.1) is 19.2 Å². The molecule has 164 valence electrons. The van der Waals surface area contributed by atoms with E-state index in [9.17, 15) is 18.4 Å². The van der Waals surface area contributed by atoms with E-state index in [1.165, 1.54) is 0 Å². The number of carbonyl (C=O) groups excluding carboxylic acids is 2. The number of hydrogen-bond acceptors (Lipinski definition) is 3. The SMILES string of the molecule is COc1ccc(N2CC3(CCCCC3)N(CC(=O)Nc3cc(F)cc(F)c3)C2=O)cc1. The molecule has 1 saturated heterocycles. The molecular weight excluding hydrogens is 404 g/mol. The van der Waals surface area contributed by atoms with Crippen molar-refractivity contribution in [1.82, 2.24) is 4.90 Å². The lowest BCUT2D eigenvalue weighted by Crippen LogP contribution is -2.51. The molecule has 0 unspecified atom stereocenters. The molecule has 1 aliphatic carbocycles. The fourth-order valence-corrected chi connectivity index (χ4v) is 4.60.